The van der Waals surface area contributed by atoms with Crippen molar-refractivity contribution < 1.29 is 19.1 Å². The van der Waals surface area contributed by atoms with E-state index in [0.717, 1.165) is 5.56 Å². The van der Waals surface area contributed by atoms with Crippen molar-refractivity contribution in [2.24, 2.45) is 0 Å². The van der Waals surface area contributed by atoms with Gasteiger partial charge in [-0.15, -0.1) is 0 Å². The number of ketones is 1. The first kappa shape index (κ1) is 11.1. The Labute approximate surface area is 104 Å². The molecular formula is C13H13NO4. The van der Waals surface area contributed by atoms with Crippen molar-refractivity contribution in [3.8, 4) is 11.5 Å². The summed E-state index contributed by atoms with van der Waals surface area (Å²) in [4.78, 5) is 24.6. The molecular weight excluding hydrogens is 234 g/mol. The minimum atomic E-state index is -0.109. The zero-order valence-electron chi connectivity index (χ0n) is 9.85. The predicted octanol–water partition coefficient (Wildman–Crippen LogP) is 1.11. The summed E-state index contributed by atoms with van der Waals surface area (Å²) < 4.78 is 10.7. The summed E-state index contributed by atoms with van der Waals surface area (Å²) >= 11 is 0. The topological polar surface area (TPSA) is 55.8 Å². The zero-order chi connectivity index (χ0) is 12.5. The molecule has 1 amide bonds. The van der Waals surface area contributed by atoms with Crippen LogP contribution >= 0.6 is 0 Å². The molecule has 5 nitrogen and oxygen atoms in total. The summed E-state index contributed by atoms with van der Waals surface area (Å²) in [6.07, 6.45) is 0.463. The van der Waals surface area contributed by atoms with Gasteiger partial charge in [0.1, 0.15) is 5.78 Å². The van der Waals surface area contributed by atoms with E-state index in [2.05, 4.69) is 0 Å². The second kappa shape index (κ2) is 4.33. The first-order valence-electron chi connectivity index (χ1n) is 5.91. The lowest BCUT2D eigenvalue weighted by atomic mass is 10.1. The molecule has 0 spiro atoms. The average Bonchev–Trinajstić information content (AvgIpc) is 2.82. The van der Waals surface area contributed by atoms with E-state index in [9.17, 15) is 9.59 Å². The molecule has 18 heavy (non-hydrogen) atoms. The fourth-order valence-corrected chi connectivity index (χ4v) is 2.24. The first-order chi connectivity index (χ1) is 8.74. The van der Waals surface area contributed by atoms with Crippen molar-refractivity contribution in [3.63, 3.8) is 0 Å². The van der Waals surface area contributed by atoms with Crippen molar-refractivity contribution >= 4 is 11.7 Å². The van der Waals surface area contributed by atoms with Crippen LogP contribution in [0.25, 0.3) is 0 Å². The van der Waals surface area contributed by atoms with Crippen molar-refractivity contribution in [2.45, 2.75) is 19.4 Å². The van der Waals surface area contributed by atoms with Crippen LogP contribution in [0.15, 0.2) is 18.2 Å². The molecule has 0 aromatic heterocycles. The summed E-state index contributed by atoms with van der Waals surface area (Å²) in [7, 11) is 0. The third-order valence-corrected chi connectivity index (χ3v) is 3.20. The lowest BCUT2D eigenvalue weighted by molar-refractivity contribution is -0.139. The maximum absolute atomic E-state index is 11.7. The zero-order valence-corrected chi connectivity index (χ0v) is 9.85. The standard InChI is InChI=1S/C13H13NO4/c15-10-4-5-14(12(16)6-10)7-9-2-1-3-11-13(9)18-8-17-11/h1-3H,4-8H2. The van der Waals surface area contributed by atoms with Crippen molar-refractivity contribution in [1.29, 1.82) is 0 Å². The smallest absolute Gasteiger partial charge is 0.231 e. The van der Waals surface area contributed by atoms with E-state index in [0.29, 0.717) is 31.0 Å². The van der Waals surface area contributed by atoms with Crippen molar-refractivity contribution in [3.05, 3.63) is 23.8 Å². The second-order valence-corrected chi connectivity index (χ2v) is 4.43. The number of rotatable bonds is 2. The number of hydrogen-bond donors (Lipinski definition) is 0. The lowest BCUT2D eigenvalue weighted by Gasteiger charge is -2.26. The summed E-state index contributed by atoms with van der Waals surface area (Å²) in [5.41, 5.74) is 0.924. The molecule has 0 radical (unpaired) electrons. The number of likely N-dealkylation sites (tertiary alicyclic amines) is 1. The van der Waals surface area contributed by atoms with Gasteiger partial charge in [-0.05, 0) is 6.07 Å². The highest BCUT2D eigenvalue weighted by Gasteiger charge is 2.26. The number of carbonyl (C=O) groups excluding carboxylic acids is 2. The van der Waals surface area contributed by atoms with Crippen LogP contribution in [-0.2, 0) is 16.1 Å². The van der Waals surface area contributed by atoms with Crippen LogP contribution in [0.2, 0.25) is 0 Å². The molecule has 2 aliphatic heterocycles. The van der Waals surface area contributed by atoms with Gasteiger partial charge < -0.3 is 14.4 Å². The predicted molar refractivity (Wildman–Crippen MR) is 62.2 cm³/mol. The van der Waals surface area contributed by atoms with Crippen LogP contribution in [0.4, 0.5) is 0 Å². The van der Waals surface area contributed by atoms with Gasteiger partial charge in [0.05, 0.1) is 6.42 Å². The normalized spacial score (nSPS) is 18.3. The van der Waals surface area contributed by atoms with Crippen LogP contribution in [0.1, 0.15) is 18.4 Å². The Morgan fingerprint density at radius 2 is 2.11 bits per heavy atom. The number of fused-ring (bicyclic) bond motifs is 1. The van der Waals surface area contributed by atoms with E-state index < -0.39 is 0 Å². The molecule has 2 heterocycles. The van der Waals surface area contributed by atoms with E-state index in [-0.39, 0.29) is 24.9 Å². The summed E-state index contributed by atoms with van der Waals surface area (Å²) in [6, 6.07) is 5.63. The number of hydrogen-bond acceptors (Lipinski definition) is 4. The van der Waals surface area contributed by atoms with Gasteiger partial charge in [-0.3, -0.25) is 9.59 Å². The molecule has 0 aliphatic carbocycles. The quantitative estimate of drug-likeness (QED) is 0.734. The van der Waals surface area contributed by atoms with Crippen LogP contribution < -0.4 is 9.47 Å². The Morgan fingerprint density at radius 3 is 2.94 bits per heavy atom. The molecule has 1 fully saturated rings. The van der Waals surface area contributed by atoms with Crippen LogP contribution in [0, 0.1) is 0 Å². The van der Waals surface area contributed by atoms with Crippen LogP contribution in [-0.4, -0.2) is 29.9 Å². The van der Waals surface area contributed by atoms with Crippen LogP contribution in [0.5, 0.6) is 11.5 Å². The average molecular weight is 247 g/mol. The van der Waals surface area contributed by atoms with Gasteiger partial charge >= 0.3 is 0 Å². The van der Waals surface area contributed by atoms with Gasteiger partial charge in [0.15, 0.2) is 11.5 Å². The third kappa shape index (κ3) is 1.92. The van der Waals surface area contributed by atoms with Gasteiger partial charge in [0.25, 0.3) is 0 Å². The molecule has 3 rings (SSSR count). The number of para-hydroxylation sites is 1. The molecule has 2 aliphatic rings. The van der Waals surface area contributed by atoms with Gasteiger partial charge in [-0.1, -0.05) is 12.1 Å². The Hall–Kier alpha value is -2.04. The lowest BCUT2D eigenvalue weighted by Crippen LogP contribution is -2.38. The molecule has 1 aromatic carbocycles. The third-order valence-electron chi connectivity index (χ3n) is 3.20. The molecule has 1 aromatic rings. The highest BCUT2D eigenvalue weighted by Crippen LogP contribution is 2.36. The van der Waals surface area contributed by atoms with Crippen molar-refractivity contribution in [2.75, 3.05) is 13.3 Å². The number of amides is 1. The number of nitrogens with zero attached hydrogens (tertiary/aromatic N) is 1. The van der Waals surface area contributed by atoms with Gasteiger partial charge in [-0.2, -0.15) is 0 Å². The fraction of sp³-hybridized carbons (Fsp3) is 0.385. The molecule has 1 saturated heterocycles. The SMILES string of the molecule is O=C1CCN(Cc2cccc3c2OCO3)C(=O)C1. The number of benzene rings is 1. The Balaban J connectivity index is 1.79. The summed E-state index contributed by atoms with van der Waals surface area (Å²) in [5, 5.41) is 0. The minimum Gasteiger partial charge on any atom is -0.454 e. The molecule has 5 heteroatoms. The highest BCUT2D eigenvalue weighted by molar-refractivity contribution is 6.00. The summed E-state index contributed by atoms with van der Waals surface area (Å²) in [5.74, 6) is 1.34. The van der Waals surface area contributed by atoms with Crippen molar-refractivity contribution in [1.82, 2.24) is 4.90 Å². The molecule has 0 N–H and O–H groups in total. The monoisotopic (exact) mass is 247 g/mol. The molecule has 0 bridgehead atoms. The van der Waals surface area contributed by atoms with E-state index in [1.165, 1.54) is 0 Å². The minimum absolute atomic E-state index is 0.0202. The molecule has 94 valence electrons. The van der Waals surface area contributed by atoms with E-state index >= 15 is 0 Å². The summed E-state index contributed by atoms with van der Waals surface area (Å²) in [6.45, 7) is 1.18. The number of piperidine rings is 1. The number of ether oxygens (including phenoxy) is 2. The first-order valence-corrected chi connectivity index (χ1v) is 5.91. The fourth-order valence-electron chi connectivity index (χ4n) is 2.24. The number of Topliss-reactive ketones (excluding diaryl/α,β-unsaturated/α-hetero) is 1. The maximum Gasteiger partial charge on any atom is 0.231 e. The Bertz CT molecular complexity index is 512. The molecule has 0 saturated carbocycles. The number of carbonyl (C=O) groups is 2. The Kier molecular flexibility index (Phi) is 2.66. The van der Waals surface area contributed by atoms with Crippen LogP contribution in [0.3, 0.4) is 0 Å². The molecule has 0 unspecified atom stereocenters. The largest absolute Gasteiger partial charge is 0.454 e. The van der Waals surface area contributed by atoms with E-state index in [1.54, 1.807) is 4.90 Å². The van der Waals surface area contributed by atoms with Gasteiger partial charge in [0.2, 0.25) is 12.7 Å². The maximum atomic E-state index is 11.7. The van der Waals surface area contributed by atoms with Gasteiger partial charge in [-0.25, -0.2) is 0 Å². The van der Waals surface area contributed by atoms with E-state index in [4.69, 9.17) is 9.47 Å². The van der Waals surface area contributed by atoms with E-state index in [1.807, 2.05) is 18.2 Å². The molecule has 0 atom stereocenters. The second-order valence-electron chi connectivity index (χ2n) is 4.43. The van der Waals surface area contributed by atoms with Gasteiger partial charge in [0, 0.05) is 25.1 Å². The highest BCUT2D eigenvalue weighted by atomic mass is 16.7. The Morgan fingerprint density at radius 1 is 1.22 bits per heavy atom.